The highest BCUT2D eigenvalue weighted by Gasteiger charge is 2.47. The molecule has 25 heavy (non-hydrogen) atoms. The van der Waals surface area contributed by atoms with Crippen LogP contribution in [0.4, 0.5) is 0 Å². The van der Waals surface area contributed by atoms with E-state index < -0.39 is 18.2 Å². The molecule has 142 valence electrons. The van der Waals surface area contributed by atoms with Gasteiger partial charge in [0, 0.05) is 0 Å². The molecule has 1 aliphatic carbocycles. The van der Waals surface area contributed by atoms with Crippen molar-refractivity contribution in [3.63, 3.8) is 0 Å². The maximum absolute atomic E-state index is 12.9. The van der Waals surface area contributed by atoms with Crippen molar-refractivity contribution < 1.29 is 12.8 Å². The average molecular weight is 383 g/mol. The molecule has 0 aromatic heterocycles. The molecule has 1 aromatic carbocycles. The molecule has 0 aliphatic heterocycles. The Labute approximate surface area is 155 Å². The highest BCUT2D eigenvalue weighted by Crippen LogP contribution is 2.44. The molecule has 0 bridgehead atoms. The molecule has 1 aliphatic rings. The van der Waals surface area contributed by atoms with Gasteiger partial charge in [0.1, 0.15) is 0 Å². The van der Waals surface area contributed by atoms with Gasteiger partial charge < -0.3 is 4.43 Å². The Bertz CT molecular complexity index is 624. The van der Waals surface area contributed by atoms with E-state index in [1.807, 2.05) is 6.07 Å². The van der Waals surface area contributed by atoms with E-state index in [4.69, 9.17) is 4.43 Å². The van der Waals surface area contributed by atoms with Crippen molar-refractivity contribution in [2.24, 2.45) is 5.92 Å². The minimum atomic E-state index is -3.28. The van der Waals surface area contributed by atoms with E-state index in [0.29, 0.717) is 4.90 Å². The molecule has 0 amide bonds. The Morgan fingerprint density at radius 3 is 2.04 bits per heavy atom. The molecular weight excluding hydrogens is 348 g/mol. The van der Waals surface area contributed by atoms with Crippen molar-refractivity contribution in [3.05, 3.63) is 30.3 Å². The minimum absolute atomic E-state index is 0.0248. The first-order valence-electron chi connectivity index (χ1n) is 9.81. The fourth-order valence-electron chi connectivity index (χ4n) is 4.27. The summed E-state index contributed by atoms with van der Waals surface area (Å²) in [5.74, 6) is 0.204. The van der Waals surface area contributed by atoms with Crippen LogP contribution in [-0.4, -0.2) is 28.1 Å². The van der Waals surface area contributed by atoms with Gasteiger partial charge in [-0.25, -0.2) is 8.42 Å². The van der Waals surface area contributed by atoms with Crippen LogP contribution < -0.4 is 0 Å². The van der Waals surface area contributed by atoms with Gasteiger partial charge in [0.2, 0.25) is 0 Å². The van der Waals surface area contributed by atoms with Crippen LogP contribution in [-0.2, 0) is 14.3 Å². The molecule has 1 saturated carbocycles. The van der Waals surface area contributed by atoms with Crippen LogP contribution >= 0.6 is 0 Å². The van der Waals surface area contributed by atoms with Gasteiger partial charge in [0.05, 0.1) is 16.2 Å². The third-order valence-electron chi connectivity index (χ3n) is 6.27. The Morgan fingerprint density at radius 1 is 1.04 bits per heavy atom. The van der Waals surface area contributed by atoms with Crippen molar-refractivity contribution in [1.82, 2.24) is 0 Å². The van der Waals surface area contributed by atoms with E-state index in [1.54, 1.807) is 24.3 Å². The average Bonchev–Trinajstić information content (AvgIpc) is 3.10. The fraction of sp³-hybridized carbons (Fsp3) is 0.700. The molecule has 1 atom stereocenters. The van der Waals surface area contributed by atoms with Crippen molar-refractivity contribution in [2.45, 2.75) is 82.0 Å². The van der Waals surface area contributed by atoms with Gasteiger partial charge in [-0.2, -0.15) is 0 Å². The first-order valence-corrected chi connectivity index (χ1v) is 14.0. The molecule has 1 aromatic rings. The SMILES string of the molecule is CC[Si](CC)(CC)OC1([C@H](C)CS(=O)(=O)c2ccccc2)CCCC1. The van der Waals surface area contributed by atoms with E-state index >= 15 is 0 Å². The molecule has 0 N–H and O–H groups in total. The minimum Gasteiger partial charge on any atom is -0.411 e. The lowest BCUT2D eigenvalue weighted by molar-refractivity contribution is 0.0183. The van der Waals surface area contributed by atoms with Crippen LogP contribution in [0, 0.1) is 5.92 Å². The van der Waals surface area contributed by atoms with Crippen LogP contribution in [0.5, 0.6) is 0 Å². The Morgan fingerprint density at radius 2 is 1.56 bits per heavy atom. The monoisotopic (exact) mass is 382 g/mol. The topological polar surface area (TPSA) is 43.4 Å². The van der Waals surface area contributed by atoms with E-state index in [-0.39, 0.29) is 17.3 Å². The molecule has 0 heterocycles. The smallest absolute Gasteiger partial charge is 0.192 e. The van der Waals surface area contributed by atoms with Crippen LogP contribution in [0.3, 0.4) is 0 Å². The number of benzene rings is 1. The number of rotatable bonds is 9. The van der Waals surface area contributed by atoms with Crippen LogP contribution in [0.15, 0.2) is 35.2 Å². The fourth-order valence-corrected chi connectivity index (χ4v) is 9.20. The zero-order valence-corrected chi connectivity index (χ0v) is 18.1. The molecule has 1 fully saturated rings. The lowest BCUT2D eigenvalue weighted by Gasteiger charge is -2.44. The summed E-state index contributed by atoms with van der Waals surface area (Å²) in [5.41, 5.74) is -0.240. The van der Waals surface area contributed by atoms with Crippen molar-refractivity contribution in [2.75, 3.05) is 5.75 Å². The summed E-state index contributed by atoms with van der Waals surface area (Å²) in [6.45, 7) is 8.82. The van der Waals surface area contributed by atoms with Crippen molar-refractivity contribution in [1.29, 1.82) is 0 Å². The molecule has 0 saturated heterocycles. The predicted octanol–water partition coefficient (Wildman–Crippen LogP) is 5.43. The van der Waals surface area contributed by atoms with Crippen LogP contribution in [0.25, 0.3) is 0 Å². The largest absolute Gasteiger partial charge is 0.411 e. The molecule has 5 heteroatoms. The second kappa shape index (κ2) is 8.36. The summed E-state index contributed by atoms with van der Waals surface area (Å²) in [4.78, 5) is 0.431. The highest BCUT2D eigenvalue weighted by atomic mass is 32.2. The maximum atomic E-state index is 12.9. The van der Waals surface area contributed by atoms with Gasteiger partial charge in [0.15, 0.2) is 18.2 Å². The van der Waals surface area contributed by atoms with Gasteiger partial charge >= 0.3 is 0 Å². The first-order chi connectivity index (χ1) is 11.8. The van der Waals surface area contributed by atoms with Crippen LogP contribution in [0.1, 0.15) is 53.4 Å². The van der Waals surface area contributed by atoms with Gasteiger partial charge in [0.25, 0.3) is 0 Å². The number of hydrogen-bond donors (Lipinski definition) is 0. The van der Waals surface area contributed by atoms with Crippen molar-refractivity contribution >= 4 is 18.2 Å². The zero-order chi connectivity index (χ0) is 18.6. The van der Waals surface area contributed by atoms with Gasteiger partial charge in [-0.15, -0.1) is 0 Å². The third kappa shape index (κ3) is 4.55. The van der Waals surface area contributed by atoms with Gasteiger partial charge in [-0.3, -0.25) is 0 Å². The molecule has 2 rings (SSSR count). The summed E-state index contributed by atoms with van der Waals surface area (Å²) in [7, 11) is -5.04. The van der Waals surface area contributed by atoms with Crippen LogP contribution in [0.2, 0.25) is 18.1 Å². The van der Waals surface area contributed by atoms with E-state index in [2.05, 4.69) is 27.7 Å². The zero-order valence-electron chi connectivity index (χ0n) is 16.3. The normalized spacial score (nSPS) is 19.0. The lowest BCUT2D eigenvalue weighted by Crippen LogP contribution is -2.50. The standard InChI is InChI=1S/C20H34O3SSi/c1-5-25(6-2,7-3)23-20(15-11-12-16-20)18(4)17-24(21,22)19-13-9-8-10-14-19/h8-10,13-14,18H,5-7,11-12,15-17H2,1-4H3/t18-/m1/s1. The molecule has 3 nitrogen and oxygen atoms in total. The second-order valence-electron chi connectivity index (χ2n) is 7.61. The third-order valence-corrected chi connectivity index (χ3v) is 12.9. The molecule has 0 unspecified atom stereocenters. The van der Waals surface area contributed by atoms with E-state index in [1.165, 1.54) is 0 Å². The number of hydrogen-bond acceptors (Lipinski definition) is 3. The molecule has 0 spiro atoms. The quantitative estimate of drug-likeness (QED) is 0.535. The molecule has 0 radical (unpaired) electrons. The highest BCUT2D eigenvalue weighted by molar-refractivity contribution is 7.91. The summed E-state index contributed by atoms with van der Waals surface area (Å²) in [5, 5.41) is 0. The second-order valence-corrected chi connectivity index (χ2v) is 14.3. The summed E-state index contributed by atoms with van der Waals surface area (Å²) >= 11 is 0. The first kappa shape index (κ1) is 20.7. The van der Waals surface area contributed by atoms with E-state index in [0.717, 1.165) is 43.8 Å². The summed E-state index contributed by atoms with van der Waals surface area (Å²) in [6.07, 6.45) is 4.31. The van der Waals surface area contributed by atoms with Crippen molar-refractivity contribution in [3.8, 4) is 0 Å². The maximum Gasteiger partial charge on any atom is 0.192 e. The van der Waals surface area contributed by atoms with Gasteiger partial charge in [-0.1, -0.05) is 58.7 Å². The Kier molecular flexibility index (Phi) is 6.91. The van der Waals surface area contributed by atoms with E-state index in [9.17, 15) is 8.42 Å². The summed E-state index contributed by atoms with van der Waals surface area (Å²) in [6, 6.07) is 12.2. The predicted molar refractivity (Wildman–Crippen MR) is 107 cm³/mol. The Balaban J connectivity index is 2.25. The van der Waals surface area contributed by atoms with Gasteiger partial charge in [-0.05, 0) is 49.0 Å². The summed E-state index contributed by atoms with van der Waals surface area (Å²) < 4.78 is 32.7. The number of sulfone groups is 1. The Hall–Kier alpha value is -0.653. The lowest BCUT2D eigenvalue weighted by atomic mass is 9.89. The molecular formula is C20H34O3SSi.